The molecule has 1 aliphatic rings. The molecule has 1 aliphatic carbocycles. The van der Waals surface area contributed by atoms with Crippen LogP contribution in [-0.2, 0) is 9.47 Å². The molecule has 0 bridgehead atoms. The second-order valence-corrected chi connectivity index (χ2v) is 6.51. The molecule has 8 heteroatoms. The van der Waals surface area contributed by atoms with Crippen LogP contribution in [0.25, 0.3) is 0 Å². The maximum Gasteiger partial charge on any atom is 0.422 e. The van der Waals surface area contributed by atoms with Crippen molar-refractivity contribution in [3.63, 3.8) is 0 Å². The van der Waals surface area contributed by atoms with Crippen molar-refractivity contribution in [2.75, 3.05) is 6.61 Å². The van der Waals surface area contributed by atoms with E-state index in [4.69, 9.17) is 4.74 Å². The van der Waals surface area contributed by atoms with E-state index in [1.165, 1.54) is 0 Å². The lowest BCUT2D eigenvalue weighted by Gasteiger charge is -2.28. The van der Waals surface area contributed by atoms with Gasteiger partial charge in [0.25, 0.3) is 0 Å². The number of hydrogen-bond donors (Lipinski definition) is 1. The topological polar surface area (TPSA) is 64.6 Å². The Morgan fingerprint density at radius 2 is 1.77 bits per heavy atom. The number of carbonyl (C=O) groups is 2. The summed E-state index contributed by atoms with van der Waals surface area (Å²) in [6, 6.07) is 5.07. The summed E-state index contributed by atoms with van der Waals surface area (Å²) in [4.78, 5) is 23.5. The molecule has 0 unspecified atom stereocenters. The van der Waals surface area contributed by atoms with E-state index in [0.29, 0.717) is 31.2 Å². The van der Waals surface area contributed by atoms with Gasteiger partial charge in [-0.1, -0.05) is 6.07 Å². The van der Waals surface area contributed by atoms with Crippen molar-refractivity contribution >= 4 is 12.1 Å². The van der Waals surface area contributed by atoms with Crippen LogP contribution in [0.3, 0.4) is 0 Å². The number of benzene rings is 1. The smallest absolute Gasteiger partial charge is 0.422 e. The Morgan fingerprint density at radius 1 is 1.12 bits per heavy atom. The fraction of sp³-hybridized carbons (Fsp3) is 0.556. The van der Waals surface area contributed by atoms with Crippen LogP contribution in [0.15, 0.2) is 18.2 Å². The Balaban J connectivity index is 1.75. The highest BCUT2D eigenvalue weighted by Gasteiger charge is 2.31. The van der Waals surface area contributed by atoms with Gasteiger partial charge in [0.2, 0.25) is 0 Å². The third-order valence-electron chi connectivity index (χ3n) is 4.38. The van der Waals surface area contributed by atoms with E-state index >= 15 is 0 Å². The molecule has 26 heavy (non-hydrogen) atoms. The zero-order valence-electron chi connectivity index (χ0n) is 14.7. The molecule has 0 aromatic heterocycles. The number of alkyl halides is 3. The van der Waals surface area contributed by atoms with E-state index in [1.54, 1.807) is 12.1 Å². The predicted octanol–water partition coefficient (Wildman–Crippen LogP) is 4.06. The molecule has 1 N–H and O–H groups in total. The summed E-state index contributed by atoms with van der Waals surface area (Å²) >= 11 is 0. The van der Waals surface area contributed by atoms with Gasteiger partial charge in [-0.3, -0.25) is 0 Å². The lowest BCUT2D eigenvalue weighted by molar-refractivity contribution is -0.160. The summed E-state index contributed by atoms with van der Waals surface area (Å²) in [5.41, 5.74) is 2.58. The molecule has 0 atom stereocenters. The quantitative estimate of drug-likeness (QED) is 0.809. The summed E-state index contributed by atoms with van der Waals surface area (Å²) in [6.45, 7) is 2.26. The number of hydrogen-bond acceptors (Lipinski definition) is 4. The molecular weight excluding hydrogens is 351 g/mol. The van der Waals surface area contributed by atoms with E-state index in [2.05, 4.69) is 10.1 Å². The molecule has 0 spiro atoms. The number of alkyl carbamates (subject to hydrolysis) is 1. The van der Waals surface area contributed by atoms with Crippen LogP contribution in [0.4, 0.5) is 18.0 Å². The summed E-state index contributed by atoms with van der Waals surface area (Å²) < 4.78 is 45.6. The van der Waals surface area contributed by atoms with Crippen LogP contribution in [0, 0.1) is 13.8 Å². The van der Waals surface area contributed by atoms with Crippen LogP contribution < -0.4 is 5.32 Å². The molecule has 1 amide bonds. The maximum absolute atomic E-state index is 12.2. The van der Waals surface area contributed by atoms with E-state index in [1.807, 2.05) is 19.9 Å². The SMILES string of the molecule is Cc1ccc(C(=O)OC2CCC(NC(=O)OCC(F)(F)F)CC2)cc1C. The normalized spacial score (nSPS) is 20.3. The molecule has 1 aromatic carbocycles. The first-order valence-corrected chi connectivity index (χ1v) is 8.42. The number of nitrogens with one attached hydrogen (secondary N) is 1. The average molecular weight is 373 g/mol. The minimum absolute atomic E-state index is 0.270. The highest BCUT2D eigenvalue weighted by atomic mass is 19.4. The monoisotopic (exact) mass is 373 g/mol. The molecule has 5 nitrogen and oxygen atoms in total. The zero-order chi connectivity index (χ0) is 19.3. The van der Waals surface area contributed by atoms with Gasteiger partial charge in [-0.15, -0.1) is 0 Å². The van der Waals surface area contributed by atoms with E-state index in [-0.39, 0.29) is 12.1 Å². The molecule has 0 radical (unpaired) electrons. The third-order valence-corrected chi connectivity index (χ3v) is 4.38. The summed E-state index contributed by atoms with van der Waals surface area (Å²) in [6.07, 6.45) is -3.83. The number of esters is 1. The lowest BCUT2D eigenvalue weighted by atomic mass is 9.93. The van der Waals surface area contributed by atoms with Crippen molar-refractivity contribution in [3.05, 3.63) is 34.9 Å². The van der Waals surface area contributed by atoms with Gasteiger partial charge < -0.3 is 14.8 Å². The second kappa shape index (κ2) is 8.42. The van der Waals surface area contributed by atoms with Crippen LogP contribution >= 0.6 is 0 Å². The van der Waals surface area contributed by atoms with Crippen molar-refractivity contribution in [2.45, 2.75) is 57.9 Å². The van der Waals surface area contributed by atoms with Gasteiger partial charge in [0.05, 0.1) is 5.56 Å². The van der Waals surface area contributed by atoms with Gasteiger partial charge in [0.1, 0.15) is 6.10 Å². The van der Waals surface area contributed by atoms with Gasteiger partial charge in [-0.2, -0.15) is 13.2 Å². The van der Waals surface area contributed by atoms with Crippen LogP contribution in [0.5, 0.6) is 0 Å². The minimum atomic E-state index is -4.54. The number of carbonyl (C=O) groups excluding carboxylic acids is 2. The molecular formula is C18H22F3NO4. The zero-order valence-corrected chi connectivity index (χ0v) is 14.7. The third kappa shape index (κ3) is 6.24. The van der Waals surface area contributed by atoms with E-state index in [9.17, 15) is 22.8 Å². The van der Waals surface area contributed by atoms with E-state index < -0.39 is 24.8 Å². The Labute approximate surface area is 149 Å². The van der Waals surface area contributed by atoms with Gasteiger partial charge in [-0.25, -0.2) is 9.59 Å². The largest absolute Gasteiger partial charge is 0.459 e. The average Bonchev–Trinajstić information content (AvgIpc) is 2.56. The van der Waals surface area contributed by atoms with Crippen molar-refractivity contribution in [1.29, 1.82) is 0 Å². The Kier molecular flexibility index (Phi) is 6.50. The fourth-order valence-electron chi connectivity index (χ4n) is 2.77. The number of halogens is 3. The highest BCUT2D eigenvalue weighted by molar-refractivity contribution is 5.89. The molecule has 0 aliphatic heterocycles. The van der Waals surface area contributed by atoms with Crippen molar-refractivity contribution < 1.29 is 32.2 Å². The standard InChI is InChI=1S/C18H22F3NO4/c1-11-3-4-13(9-12(11)2)16(23)26-15-7-5-14(6-8-15)22-17(24)25-10-18(19,20)21/h3-4,9,14-15H,5-8,10H2,1-2H3,(H,22,24). The van der Waals surface area contributed by atoms with Crippen molar-refractivity contribution in [1.82, 2.24) is 5.32 Å². The van der Waals surface area contributed by atoms with Crippen LogP contribution in [-0.4, -0.2) is 37.0 Å². The first kappa shape index (κ1) is 20.1. The number of aryl methyl sites for hydroxylation is 2. The predicted molar refractivity (Wildman–Crippen MR) is 87.9 cm³/mol. The van der Waals surface area contributed by atoms with Crippen molar-refractivity contribution in [2.24, 2.45) is 0 Å². The minimum Gasteiger partial charge on any atom is -0.459 e. The molecule has 0 heterocycles. The number of rotatable bonds is 4. The molecule has 1 saturated carbocycles. The van der Waals surface area contributed by atoms with Crippen LogP contribution in [0.1, 0.15) is 47.2 Å². The summed E-state index contributed by atoms with van der Waals surface area (Å²) in [7, 11) is 0. The fourth-order valence-corrected chi connectivity index (χ4v) is 2.77. The molecule has 1 aromatic rings. The molecule has 0 saturated heterocycles. The molecule has 144 valence electrons. The lowest BCUT2D eigenvalue weighted by Crippen LogP contribution is -2.40. The van der Waals surface area contributed by atoms with Gasteiger partial charge in [-0.05, 0) is 62.8 Å². The number of ether oxygens (including phenoxy) is 2. The number of amides is 1. The maximum atomic E-state index is 12.2. The Hall–Kier alpha value is -2.25. The second-order valence-electron chi connectivity index (χ2n) is 6.51. The van der Waals surface area contributed by atoms with Crippen molar-refractivity contribution in [3.8, 4) is 0 Å². The highest BCUT2D eigenvalue weighted by Crippen LogP contribution is 2.23. The summed E-state index contributed by atoms with van der Waals surface area (Å²) in [5, 5.41) is 2.41. The Morgan fingerprint density at radius 3 is 2.35 bits per heavy atom. The summed E-state index contributed by atoms with van der Waals surface area (Å²) in [5.74, 6) is -0.394. The first-order valence-electron chi connectivity index (χ1n) is 8.42. The molecule has 1 fully saturated rings. The van der Waals surface area contributed by atoms with Gasteiger partial charge in [0.15, 0.2) is 6.61 Å². The van der Waals surface area contributed by atoms with Crippen LogP contribution in [0.2, 0.25) is 0 Å². The molecule has 2 rings (SSSR count). The first-order chi connectivity index (χ1) is 12.1. The Bertz CT molecular complexity index is 652. The van der Waals surface area contributed by atoms with E-state index in [0.717, 1.165) is 11.1 Å². The van der Waals surface area contributed by atoms with Gasteiger partial charge in [0, 0.05) is 6.04 Å². The van der Waals surface area contributed by atoms with Gasteiger partial charge >= 0.3 is 18.2 Å².